The molecule has 2 aliphatic heterocycles. The van der Waals surface area contributed by atoms with E-state index in [4.69, 9.17) is 0 Å². The molecule has 0 bridgehead atoms. The zero-order valence-electron chi connectivity index (χ0n) is 6.47. The maximum absolute atomic E-state index is 9.44. The molecule has 0 fully saturated rings. The van der Waals surface area contributed by atoms with Gasteiger partial charge in [-0.25, -0.2) is 5.06 Å². The Hall–Kier alpha value is -1.01. The summed E-state index contributed by atoms with van der Waals surface area (Å²) < 4.78 is 1.54. The van der Waals surface area contributed by atoms with E-state index in [9.17, 15) is 5.21 Å². The van der Waals surface area contributed by atoms with Gasteiger partial charge in [-0.2, -0.15) is 5.11 Å². The minimum atomic E-state index is 0.324. The zero-order chi connectivity index (χ0) is 8.72. The van der Waals surface area contributed by atoms with Crippen LogP contribution in [0.3, 0.4) is 0 Å². The standard InChI is InChI=1S/C6H8N4OS/c1-4-6-5(8-7-4)2-9(12)3-10(6)11/h2,11-12H,3H2,1H3. The smallest absolute Gasteiger partial charge is 0.130 e. The molecule has 2 heterocycles. The van der Waals surface area contributed by atoms with Crippen molar-refractivity contribution in [1.29, 1.82) is 0 Å². The van der Waals surface area contributed by atoms with Crippen molar-refractivity contribution >= 4 is 12.8 Å². The zero-order valence-corrected chi connectivity index (χ0v) is 7.36. The molecule has 5 nitrogen and oxygen atoms in total. The highest BCUT2D eigenvalue weighted by Gasteiger charge is 2.25. The Kier molecular flexibility index (Phi) is 1.59. The summed E-state index contributed by atoms with van der Waals surface area (Å²) in [6.45, 7) is 2.13. The molecule has 1 N–H and O–H groups in total. The monoisotopic (exact) mass is 184 g/mol. The molecular formula is C6H8N4OS. The van der Waals surface area contributed by atoms with E-state index >= 15 is 0 Å². The molecule has 0 amide bonds. The lowest BCUT2D eigenvalue weighted by molar-refractivity contribution is -0.0736. The van der Waals surface area contributed by atoms with Gasteiger partial charge >= 0.3 is 0 Å². The van der Waals surface area contributed by atoms with Gasteiger partial charge in [0.25, 0.3) is 0 Å². The van der Waals surface area contributed by atoms with Gasteiger partial charge in [0.05, 0.1) is 5.70 Å². The molecule has 0 aliphatic carbocycles. The number of rotatable bonds is 0. The Balaban J connectivity index is 2.45. The van der Waals surface area contributed by atoms with Crippen LogP contribution in [-0.2, 0) is 0 Å². The van der Waals surface area contributed by atoms with Crippen LogP contribution in [-0.4, -0.2) is 21.2 Å². The fraction of sp³-hybridized carbons (Fsp3) is 0.333. The first-order valence-electron chi connectivity index (χ1n) is 3.45. The fourth-order valence-corrected chi connectivity index (χ4v) is 1.43. The average Bonchev–Trinajstić information content (AvgIpc) is 2.31. The number of thiol groups is 1. The van der Waals surface area contributed by atoms with Gasteiger partial charge in [0.15, 0.2) is 0 Å². The lowest BCUT2D eigenvalue weighted by atomic mass is 10.3. The van der Waals surface area contributed by atoms with E-state index in [0.29, 0.717) is 18.1 Å². The summed E-state index contributed by atoms with van der Waals surface area (Å²) in [6.07, 6.45) is 1.73. The fourth-order valence-electron chi connectivity index (χ4n) is 1.20. The van der Waals surface area contributed by atoms with E-state index in [1.165, 1.54) is 4.31 Å². The summed E-state index contributed by atoms with van der Waals surface area (Å²) in [7, 11) is 0. The van der Waals surface area contributed by atoms with Crippen LogP contribution in [0.5, 0.6) is 0 Å². The third-order valence-corrected chi connectivity index (χ3v) is 1.94. The van der Waals surface area contributed by atoms with Crippen LogP contribution in [0.4, 0.5) is 0 Å². The van der Waals surface area contributed by atoms with Crippen molar-refractivity contribution in [2.75, 3.05) is 6.67 Å². The molecule has 2 aliphatic rings. The first-order chi connectivity index (χ1) is 5.68. The van der Waals surface area contributed by atoms with E-state index in [1.807, 2.05) is 0 Å². The number of azo groups is 1. The highest BCUT2D eigenvalue weighted by atomic mass is 32.1. The summed E-state index contributed by atoms with van der Waals surface area (Å²) in [5.41, 5.74) is 2.04. The second-order valence-corrected chi connectivity index (χ2v) is 3.14. The molecule has 0 saturated carbocycles. The molecule has 0 spiro atoms. The van der Waals surface area contributed by atoms with Crippen molar-refractivity contribution < 1.29 is 5.21 Å². The van der Waals surface area contributed by atoms with Gasteiger partial charge in [0.2, 0.25) is 0 Å². The third-order valence-electron chi connectivity index (χ3n) is 1.70. The highest BCUT2D eigenvalue weighted by Crippen LogP contribution is 2.30. The van der Waals surface area contributed by atoms with Gasteiger partial charge in [0.1, 0.15) is 18.1 Å². The molecule has 12 heavy (non-hydrogen) atoms. The molecule has 6 heteroatoms. The Morgan fingerprint density at radius 3 is 3.08 bits per heavy atom. The average molecular weight is 184 g/mol. The van der Waals surface area contributed by atoms with Gasteiger partial charge in [-0.3, -0.25) is 5.21 Å². The van der Waals surface area contributed by atoms with Gasteiger partial charge in [-0.1, -0.05) is 12.8 Å². The van der Waals surface area contributed by atoms with Crippen LogP contribution >= 0.6 is 12.8 Å². The summed E-state index contributed by atoms with van der Waals surface area (Å²) in [5, 5.41) is 18.2. The summed E-state index contributed by atoms with van der Waals surface area (Å²) in [6, 6.07) is 0. The van der Waals surface area contributed by atoms with Crippen LogP contribution in [0.1, 0.15) is 6.92 Å². The first kappa shape index (κ1) is 7.63. The van der Waals surface area contributed by atoms with Crippen LogP contribution in [0.2, 0.25) is 0 Å². The van der Waals surface area contributed by atoms with E-state index in [2.05, 4.69) is 23.0 Å². The first-order valence-corrected chi connectivity index (χ1v) is 3.85. The minimum absolute atomic E-state index is 0.324. The van der Waals surface area contributed by atoms with E-state index < -0.39 is 0 Å². The van der Waals surface area contributed by atoms with E-state index in [1.54, 1.807) is 13.1 Å². The normalized spacial score (nSPS) is 21.8. The van der Waals surface area contributed by atoms with Crippen molar-refractivity contribution in [2.45, 2.75) is 6.92 Å². The number of allylic oxidation sites excluding steroid dienone is 1. The molecule has 0 aromatic heterocycles. The van der Waals surface area contributed by atoms with Gasteiger partial charge in [-0.15, -0.1) is 5.11 Å². The molecular weight excluding hydrogens is 176 g/mol. The maximum atomic E-state index is 9.44. The molecule has 0 radical (unpaired) electrons. The Morgan fingerprint density at radius 2 is 2.33 bits per heavy atom. The van der Waals surface area contributed by atoms with Crippen molar-refractivity contribution in [1.82, 2.24) is 9.37 Å². The quantitative estimate of drug-likeness (QED) is 0.558. The number of fused-ring (bicyclic) bond motifs is 1. The number of hydrogen-bond donors (Lipinski definition) is 2. The van der Waals surface area contributed by atoms with Crippen LogP contribution in [0.15, 0.2) is 33.5 Å². The topological polar surface area (TPSA) is 51.4 Å². The summed E-state index contributed by atoms with van der Waals surface area (Å²) >= 11 is 4.06. The summed E-state index contributed by atoms with van der Waals surface area (Å²) in [4.78, 5) is 0. The third kappa shape index (κ3) is 0.997. The second-order valence-electron chi connectivity index (χ2n) is 2.63. The lowest BCUT2D eigenvalue weighted by Gasteiger charge is -2.27. The van der Waals surface area contributed by atoms with Crippen molar-refractivity contribution in [3.63, 3.8) is 0 Å². The predicted molar refractivity (Wildman–Crippen MR) is 45.0 cm³/mol. The van der Waals surface area contributed by atoms with Crippen molar-refractivity contribution in [2.24, 2.45) is 10.2 Å². The molecule has 0 aromatic carbocycles. The molecule has 64 valence electrons. The Labute approximate surface area is 75.2 Å². The molecule has 0 aromatic rings. The molecule has 2 rings (SSSR count). The Bertz CT molecular complexity index is 309. The summed E-state index contributed by atoms with van der Waals surface area (Å²) in [5.74, 6) is 0. The van der Waals surface area contributed by atoms with Gasteiger partial charge < -0.3 is 4.31 Å². The SMILES string of the molecule is CC1=C2C(=CN(S)CN2O)N=N1. The predicted octanol–water partition coefficient (Wildman–Crippen LogP) is 1.33. The largest absolute Gasteiger partial charge is 0.302 e. The van der Waals surface area contributed by atoms with Gasteiger partial charge in [-0.05, 0) is 6.92 Å². The van der Waals surface area contributed by atoms with Gasteiger partial charge in [0, 0.05) is 6.20 Å². The lowest BCUT2D eigenvalue weighted by Crippen LogP contribution is -2.32. The molecule has 0 unspecified atom stereocenters. The number of hydrogen-bond acceptors (Lipinski definition) is 6. The Morgan fingerprint density at radius 1 is 1.58 bits per heavy atom. The van der Waals surface area contributed by atoms with Crippen molar-refractivity contribution in [3.05, 3.63) is 23.3 Å². The van der Waals surface area contributed by atoms with E-state index in [0.717, 1.165) is 10.8 Å². The minimum Gasteiger partial charge on any atom is -0.302 e. The van der Waals surface area contributed by atoms with E-state index in [-0.39, 0.29) is 0 Å². The van der Waals surface area contributed by atoms with Crippen LogP contribution in [0, 0.1) is 0 Å². The van der Waals surface area contributed by atoms with Crippen molar-refractivity contribution in [3.8, 4) is 0 Å². The number of hydroxylamine groups is 2. The van der Waals surface area contributed by atoms with Crippen LogP contribution < -0.4 is 0 Å². The van der Waals surface area contributed by atoms with Crippen LogP contribution in [0.25, 0.3) is 0 Å². The highest BCUT2D eigenvalue weighted by molar-refractivity contribution is 7.77. The maximum Gasteiger partial charge on any atom is 0.130 e. The molecule has 0 atom stereocenters. The second kappa shape index (κ2) is 2.49. The molecule has 0 saturated heterocycles. The number of nitrogens with zero attached hydrogens (tertiary/aromatic N) is 4.